The number of likely N-dealkylation sites (N-methyl/N-ethyl adjacent to an activating group) is 1. The monoisotopic (exact) mass is 313 g/mol. The van der Waals surface area contributed by atoms with Crippen molar-refractivity contribution in [2.75, 3.05) is 25.0 Å². The highest BCUT2D eigenvalue weighted by molar-refractivity contribution is 9.09. The number of nitrogens with zero attached hydrogens (tertiary/aromatic N) is 1. The van der Waals surface area contributed by atoms with Crippen LogP contribution in [0.3, 0.4) is 0 Å². The first-order chi connectivity index (χ1) is 8.76. The molecule has 0 radical (unpaired) electrons. The summed E-state index contributed by atoms with van der Waals surface area (Å²) in [5.41, 5.74) is 0. The molecule has 4 nitrogen and oxygen atoms in total. The van der Waals surface area contributed by atoms with Gasteiger partial charge in [-0.3, -0.25) is 4.79 Å². The molecule has 1 unspecified atom stereocenters. The number of rotatable bonds is 4. The number of alkyl halides is 1. The summed E-state index contributed by atoms with van der Waals surface area (Å²) < 4.78 is 11.2. The first kappa shape index (κ1) is 13.2. The molecule has 18 heavy (non-hydrogen) atoms. The van der Waals surface area contributed by atoms with Gasteiger partial charge in [-0.25, -0.2) is 0 Å². The van der Waals surface area contributed by atoms with E-state index in [2.05, 4.69) is 15.9 Å². The Labute approximate surface area is 115 Å². The fourth-order valence-electron chi connectivity index (χ4n) is 1.87. The lowest BCUT2D eigenvalue weighted by Gasteiger charge is -2.29. The SMILES string of the molecule is CCN(CCBr)C(=O)C1COc2ccccc2O1. The van der Waals surface area contributed by atoms with Crippen LogP contribution < -0.4 is 9.47 Å². The standard InChI is InChI=1S/C13H16BrNO3/c1-2-15(8-7-14)13(16)12-9-17-10-5-3-4-6-11(10)18-12/h3-6,12H,2,7-9H2,1H3. The quantitative estimate of drug-likeness (QED) is 0.799. The number of amides is 1. The Morgan fingerprint density at radius 1 is 1.44 bits per heavy atom. The lowest BCUT2D eigenvalue weighted by molar-refractivity contribution is -0.140. The Morgan fingerprint density at radius 2 is 2.17 bits per heavy atom. The lowest BCUT2D eigenvalue weighted by Crippen LogP contribution is -2.46. The molecular formula is C13H16BrNO3. The van der Waals surface area contributed by atoms with Crippen LogP contribution in [-0.2, 0) is 4.79 Å². The van der Waals surface area contributed by atoms with Gasteiger partial charge in [0.1, 0.15) is 6.61 Å². The molecule has 1 atom stereocenters. The van der Waals surface area contributed by atoms with Gasteiger partial charge < -0.3 is 14.4 Å². The van der Waals surface area contributed by atoms with Crippen molar-refractivity contribution >= 4 is 21.8 Å². The Morgan fingerprint density at radius 3 is 2.83 bits per heavy atom. The average molecular weight is 314 g/mol. The van der Waals surface area contributed by atoms with Crippen molar-refractivity contribution in [2.45, 2.75) is 13.0 Å². The van der Waals surface area contributed by atoms with Gasteiger partial charge >= 0.3 is 0 Å². The largest absolute Gasteiger partial charge is 0.485 e. The Hall–Kier alpha value is -1.23. The topological polar surface area (TPSA) is 38.8 Å². The van der Waals surface area contributed by atoms with E-state index in [4.69, 9.17) is 9.47 Å². The first-order valence-corrected chi connectivity index (χ1v) is 7.11. The lowest BCUT2D eigenvalue weighted by atomic mass is 10.2. The van der Waals surface area contributed by atoms with Crippen LogP contribution in [0.15, 0.2) is 24.3 Å². The summed E-state index contributed by atoms with van der Waals surface area (Å²) in [6.07, 6.45) is -0.543. The van der Waals surface area contributed by atoms with Crippen molar-refractivity contribution in [1.82, 2.24) is 4.90 Å². The molecule has 98 valence electrons. The number of hydrogen-bond donors (Lipinski definition) is 0. The van der Waals surface area contributed by atoms with Crippen molar-refractivity contribution in [1.29, 1.82) is 0 Å². The maximum atomic E-state index is 12.2. The molecule has 1 amide bonds. The highest BCUT2D eigenvalue weighted by atomic mass is 79.9. The number of ether oxygens (including phenoxy) is 2. The van der Waals surface area contributed by atoms with Gasteiger partial charge in [0.05, 0.1) is 0 Å². The zero-order chi connectivity index (χ0) is 13.0. The van der Waals surface area contributed by atoms with Crippen LogP contribution in [-0.4, -0.2) is 41.9 Å². The van der Waals surface area contributed by atoms with Crippen molar-refractivity contribution in [2.24, 2.45) is 0 Å². The van der Waals surface area contributed by atoms with Gasteiger partial charge in [0.25, 0.3) is 5.91 Å². The molecule has 1 aliphatic heterocycles. The van der Waals surface area contributed by atoms with Crippen molar-refractivity contribution in [3.63, 3.8) is 0 Å². The fourth-order valence-corrected chi connectivity index (χ4v) is 2.30. The molecule has 0 spiro atoms. The number of hydrogen-bond acceptors (Lipinski definition) is 3. The third-order valence-corrected chi connectivity index (χ3v) is 3.19. The summed E-state index contributed by atoms with van der Waals surface area (Å²) >= 11 is 3.34. The number of benzene rings is 1. The number of fused-ring (bicyclic) bond motifs is 1. The van der Waals surface area contributed by atoms with E-state index in [9.17, 15) is 4.79 Å². The second kappa shape index (κ2) is 6.09. The second-order valence-electron chi connectivity index (χ2n) is 3.97. The van der Waals surface area contributed by atoms with Gasteiger partial charge in [0, 0.05) is 18.4 Å². The fraction of sp³-hybridized carbons (Fsp3) is 0.462. The molecular weight excluding hydrogens is 298 g/mol. The zero-order valence-electron chi connectivity index (χ0n) is 10.3. The Kier molecular flexibility index (Phi) is 4.47. The maximum absolute atomic E-state index is 12.2. The molecule has 1 aromatic carbocycles. The van der Waals surface area contributed by atoms with E-state index in [1.165, 1.54) is 0 Å². The summed E-state index contributed by atoms with van der Waals surface area (Å²) in [6, 6.07) is 7.40. The molecule has 1 heterocycles. The van der Waals surface area contributed by atoms with Gasteiger partial charge in [0.2, 0.25) is 6.10 Å². The predicted octanol–water partition coefficient (Wildman–Crippen LogP) is 2.07. The zero-order valence-corrected chi connectivity index (χ0v) is 11.9. The third-order valence-electron chi connectivity index (χ3n) is 2.83. The number of halogens is 1. The van der Waals surface area contributed by atoms with Crippen molar-refractivity contribution in [3.8, 4) is 11.5 Å². The summed E-state index contributed by atoms with van der Waals surface area (Å²) in [5, 5.41) is 0.761. The van der Waals surface area contributed by atoms with E-state index in [-0.39, 0.29) is 12.5 Å². The smallest absolute Gasteiger partial charge is 0.267 e. The summed E-state index contributed by atoms with van der Waals surface area (Å²) in [7, 11) is 0. The molecule has 1 aromatic rings. The molecule has 0 fully saturated rings. The average Bonchev–Trinajstić information content (AvgIpc) is 2.43. The molecule has 0 saturated heterocycles. The molecule has 0 N–H and O–H groups in total. The van der Waals surface area contributed by atoms with E-state index in [1.54, 1.807) is 4.90 Å². The minimum absolute atomic E-state index is 0.0218. The van der Waals surface area contributed by atoms with E-state index in [0.29, 0.717) is 24.6 Å². The summed E-state index contributed by atoms with van der Waals surface area (Å²) in [6.45, 7) is 3.58. The highest BCUT2D eigenvalue weighted by Gasteiger charge is 2.30. The Balaban J connectivity index is 2.06. The van der Waals surface area contributed by atoms with Crippen molar-refractivity contribution < 1.29 is 14.3 Å². The third kappa shape index (κ3) is 2.77. The van der Waals surface area contributed by atoms with Crippen LogP contribution in [0, 0.1) is 0 Å². The van der Waals surface area contributed by atoms with Crippen LogP contribution >= 0.6 is 15.9 Å². The number of para-hydroxylation sites is 2. The first-order valence-electron chi connectivity index (χ1n) is 5.99. The summed E-state index contributed by atoms with van der Waals surface area (Å²) in [4.78, 5) is 14.0. The normalized spacial score (nSPS) is 17.3. The van der Waals surface area contributed by atoms with Gasteiger partial charge in [-0.1, -0.05) is 28.1 Å². The van der Waals surface area contributed by atoms with Crippen LogP contribution in [0.4, 0.5) is 0 Å². The molecule has 0 saturated carbocycles. The van der Waals surface area contributed by atoms with Gasteiger partial charge in [-0.05, 0) is 19.1 Å². The number of carbonyl (C=O) groups excluding carboxylic acids is 1. The minimum atomic E-state index is -0.543. The van der Waals surface area contributed by atoms with E-state index < -0.39 is 6.10 Å². The van der Waals surface area contributed by atoms with E-state index in [1.807, 2.05) is 31.2 Å². The van der Waals surface area contributed by atoms with Crippen LogP contribution in [0.25, 0.3) is 0 Å². The highest BCUT2D eigenvalue weighted by Crippen LogP contribution is 2.31. The molecule has 1 aliphatic rings. The van der Waals surface area contributed by atoms with Gasteiger partial charge in [-0.2, -0.15) is 0 Å². The van der Waals surface area contributed by atoms with Crippen molar-refractivity contribution in [3.05, 3.63) is 24.3 Å². The molecule has 0 aliphatic carbocycles. The van der Waals surface area contributed by atoms with E-state index >= 15 is 0 Å². The minimum Gasteiger partial charge on any atom is -0.485 e. The van der Waals surface area contributed by atoms with Gasteiger partial charge in [-0.15, -0.1) is 0 Å². The predicted molar refractivity (Wildman–Crippen MR) is 72.4 cm³/mol. The molecule has 2 rings (SSSR count). The molecule has 5 heteroatoms. The second-order valence-corrected chi connectivity index (χ2v) is 4.76. The maximum Gasteiger partial charge on any atom is 0.267 e. The number of carbonyl (C=O) groups is 1. The van der Waals surface area contributed by atoms with Gasteiger partial charge in [0.15, 0.2) is 11.5 Å². The van der Waals surface area contributed by atoms with Crippen LogP contribution in [0.5, 0.6) is 11.5 Å². The molecule has 0 aromatic heterocycles. The molecule has 0 bridgehead atoms. The summed E-state index contributed by atoms with van der Waals surface area (Å²) in [5.74, 6) is 1.31. The van der Waals surface area contributed by atoms with Crippen LogP contribution in [0.2, 0.25) is 0 Å². The van der Waals surface area contributed by atoms with Crippen LogP contribution in [0.1, 0.15) is 6.92 Å². The van der Waals surface area contributed by atoms with E-state index in [0.717, 1.165) is 5.33 Å². The Bertz CT molecular complexity index is 424.